The summed E-state index contributed by atoms with van der Waals surface area (Å²) in [6.45, 7) is 0.838. The van der Waals surface area contributed by atoms with E-state index < -0.39 is 29.6 Å². The molecule has 40 heavy (non-hydrogen) atoms. The number of ether oxygens (including phenoxy) is 2. The molecule has 4 aromatic rings. The number of hydrogen-bond acceptors (Lipinski definition) is 8. The number of carbonyl (C=O) groups excluding carboxylic acids is 3. The first-order valence-corrected chi connectivity index (χ1v) is 13.0. The van der Waals surface area contributed by atoms with Gasteiger partial charge in [0.15, 0.2) is 17.2 Å². The van der Waals surface area contributed by atoms with Gasteiger partial charge in [0.25, 0.3) is 11.8 Å². The van der Waals surface area contributed by atoms with Crippen molar-refractivity contribution >= 4 is 40.6 Å². The normalized spacial score (nSPS) is 12.8. The van der Waals surface area contributed by atoms with Crippen molar-refractivity contribution in [2.45, 2.75) is 12.6 Å². The van der Waals surface area contributed by atoms with Crippen LogP contribution in [0.3, 0.4) is 0 Å². The molecule has 0 unspecified atom stereocenters. The second-order valence-corrected chi connectivity index (χ2v) is 9.57. The molecule has 1 aliphatic rings. The molecule has 1 aliphatic heterocycles. The second-order valence-electron chi connectivity index (χ2n) is 8.80. The third-order valence-corrected chi connectivity index (χ3v) is 7.03. The molecule has 5 N–H and O–H groups in total. The van der Waals surface area contributed by atoms with Crippen LogP contribution in [0.15, 0.2) is 72.8 Å². The standard InChI is InChI=1S/C28H24FN5O5S/c29-18-8-6-17(7-9-18)24(27(36)32-15-16-4-2-1-3-5-16)34(19-10-11-20-21(14-19)39-13-12-38-20)28(37)25-22(30)23(26(31)35)33-40-25/h1-11,14,24H,12-13,15,30H2,(H2,31,35)(H,32,36)/t24-/m0/s1. The maximum absolute atomic E-state index is 14.2. The predicted octanol–water partition coefficient (Wildman–Crippen LogP) is 3.44. The van der Waals surface area contributed by atoms with E-state index in [0.717, 1.165) is 5.56 Å². The predicted molar refractivity (Wildman–Crippen MR) is 147 cm³/mol. The number of anilines is 2. The van der Waals surface area contributed by atoms with Gasteiger partial charge in [-0.2, -0.15) is 4.37 Å². The van der Waals surface area contributed by atoms with Crippen LogP contribution in [0.2, 0.25) is 0 Å². The fourth-order valence-corrected chi connectivity index (χ4v) is 4.99. The first-order valence-electron chi connectivity index (χ1n) is 12.2. The Balaban J connectivity index is 1.63. The van der Waals surface area contributed by atoms with Crippen molar-refractivity contribution in [2.75, 3.05) is 23.8 Å². The average Bonchev–Trinajstić information content (AvgIpc) is 3.36. The molecule has 1 atom stereocenters. The number of primary amides is 1. The maximum atomic E-state index is 14.2. The van der Waals surface area contributed by atoms with Crippen LogP contribution in [0.25, 0.3) is 0 Å². The van der Waals surface area contributed by atoms with Gasteiger partial charge in [0.1, 0.15) is 29.9 Å². The monoisotopic (exact) mass is 561 g/mol. The van der Waals surface area contributed by atoms with Crippen LogP contribution < -0.4 is 31.2 Å². The summed E-state index contributed by atoms with van der Waals surface area (Å²) in [6, 6.07) is 18.0. The molecule has 5 rings (SSSR count). The minimum absolute atomic E-state index is 0.0911. The molecule has 204 valence electrons. The van der Waals surface area contributed by atoms with Crippen LogP contribution in [0.5, 0.6) is 11.5 Å². The Morgan fingerprint density at radius 1 is 1.00 bits per heavy atom. The molecule has 1 aromatic heterocycles. The Bertz CT molecular complexity index is 1560. The minimum Gasteiger partial charge on any atom is -0.486 e. The lowest BCUT2D eigenvalue weighted by Crippen LogP contribution is -2.44. The van der Waals surface area contributed by atoms with Gasteiger partial charge in [-0.15, -0.1) is 0 Å². The average molecular weight is 562 g/mol. The summed E-state index contributed by atoms with van der Waals surface area (Å²) in [4.78, 5) is 41.0. The third kappa shape index (κ3) is 5.43. The summed E-state index contributed by atoms with van der Waals surface area (Å²) in [7, 11) is 0. The molecular weight excluding hydrogens is 537 g/mol. The Morgan fingerprint density at radius 2 is 1.70 bits per heavy atom. The molecule has 0 saturated carbocycles. The van der Waals surface area contributed by atoms with E-state index in [-0.39, 0.29) is 28.5 Å². The summed E-state index contributed by atoms with van der Waals surface area (Å²) in [5.41, 5.74) is 12.5. The highest BCUT2D eigenvalue weighted by Crippen LogP contribution is 2.39. The Hall–Kier alpha value is -4.97. The number of nitrogens with one attached hydrogen (secondary N) is 1. The molecule has 3 amide bonds. The smallest absolute Gasteiger partial charge is 0.273 e. The van der Waals surface area contributed by atoms with E-state index in [1.165, 1.54) is 29.2 Å². The fraction of sp³-hybridized carbons (Fsp3) is 0.143. The quantitative estimate of drug-likeness (QED) is 0.298. The largest absolute Gasteiger partial charge is 0.486 e. The second kappa shape index (κ2) is 11.4. The highest BCUT2D eigenvalue weighted by atomic mass is 32.1. The molecule has 0 aliphatic carbocycles. The van der Waals surface area contributed by atoms with Crippen LogP contribution in [-0.2, 0) is 11.3 Å². The fourth-order valence-electron chi connectivity index (χ4n) is 4.25. The summed E-state index contributed by atoms with van der Waals surface area (Å²) >= 11 is 0.687. The molecule has 0 radical (unpaired) electrons. The minimum atomic E-state index is -1.28. The van der Waals surface area contributed by atoms with Gasteiger partial charge in [0, 0.05) is 18.3 Å². The van der Waals surface area contributed by atoms with E-state index in [9.17, 15) is 18.8 Å². The number of halogens is 1. The number of benzene rings is 3. The number of hydrogen-bond donors (Lipinski definition) is 3. The molecule has 0 saturated heterocycles. The lowest BCUT2D eigenvalue weighted by Gasteiger charge is -2.32. The molecule has 0 bridgehead atoms. The van der Waals surface area contributed by atoms with Crippen LogP contribution in [0.1, 0.15) is 37.3 Å². The maximum Gasteiger partial charge on any atom is 0.273 e. The zero-order chi connectivity index (χ0) is 28.2. The van der Waals surface area contributed by atoms with E-state index in [4.69, 9.17) is 20.9 Å². The molecule has 10 nitrogen and oxygen atoms in total. The molecule has 0 spiro atoms. The topological polar surface area (TPSA) is 150 Å². The number of nitrogens with zero attached hydrogens (tertiary/aromatic N) is 2. The number of aromatic nitrogens is 1. The Kier molecular flexibility index (Phi) is 7.60. The van der Waals surface area contributed by atoms with Crippen molar-refractivity contribution in [1.29, 1.82) is 0 Å². The number of amides is 3. The number of fused-ring (bicyclic) bond motifs is 1. The SMILES string of the molecule is NC(=O)c1nsc(C(=O)N(c2ccc3c(c2)OCCO3)[C@H](C(=O)NCc2ccccc2)c2ccc(F)cc2)c1N. The van der Waals surface area contributed by atoms with Gasteiger partial charge >= 0.3 is 0 Å². The lowest BCUT2D eigenvalue weighted by atomic mass is 10.0. The lowest BCUT2D eigenvalue weighted by molar-refractivity contribution is -0.122. The molecule has 3 aromatic carbocycles. The number of nitrogens with two attached hydrogens (primary N) is 2. The molecule has 2 heterocycles. The summed E-state index contributed by atoms with van der Waals surface area (Å²) in [5, 5.41) is 2.87. The van der Waals surface area contributed by atoms with Crippen LogP contribution in [0, 0.1) is 5.82 Å². The zero-order valence-electron chi connectivity index (χ0n) is 21.0. The highest BCUT2D eigenvalue weighted by Gasteiger charge is 2.36. The van der Waals surface area contributed by atoms with Gasteiger partial charge in [-0.1, -0.05) is 42.5 Å². The van der Waals surface area contributed by atoms with Gasteiger partial charge in [-0.3, -0.25) is 19.3 Å². The Labute approximate surface area is 232 Å². The molecule has 0 fully saturated rings. The number of carbonyl (C=O) groups is 3. The van der Waals surface area contributed by atoms with Crippen molar-refractivity contribution in [3.05, 3.63) is 100 Å². The van der Waals surface area contributed by atoms with E-state index in [1.807, 2.05) is 30.3 Å². The van der Waals surface area contributed by atoms with Gasteiger partial charge in [0.05, 0.1) is 5.69 Å². The summed E-state index contributed by atoms with van der Waals surface area (Å²) in [6.07, 6.45) is 0. The van der Waals surface area contributed by atoms with Gasteiger partial charge in [0.2, 0.25) is 5.91 Å². The third-order valence-electron chi connectivity index (χ3n) is 6.18. The zero-order valence-corrected chi connectivity index (χ0v) is 21.8. The number of nitrogen functional groups attached to an aromatic ring is 1. The van der Waals surface area contributed by atoms with Crippen LogP contribution in [0.4, 0.5) is 15.8 Å². The van der Waals surface area contributed by atoms with Crippen LogP contribution >= 0.6 is 11.5 Å². The number of rotatable bonds is 8. The van der Waals surface area contributed by atoms with Gasteiger partial charge in [-0.05, 0) is 46.9 Å². The van der Waals surface area contributed by atoms with Gasteiger partial charge < -0.3 is 26.3 Å². The van der Waals surface area contributed by atoms with E-state index >= 15 is 0 Å². The van der Waals surface area contributed by atoms with Crippen molar-refractivity contribution in [1.82, 2.24) is 9.69 Å². The summed E-state index contributed by atoms with van der Waals surface area (Å²) < 4.78 is 29.2. The van der Waals surface area contributed by atoms with Crippen molar-refractivity contribution < 1.29 is 28.2 Å². The van der Waals surface area contributed by atoms with Gasteiger partial charge in [-0.25, -0.2) is 4.39 Å². The summed E-state index contributed by atoms with van der Waals surface area (Å²) in [5.74, 6) is -1.82. The van der Waals surface area contributed by atoms with Crippen molar-refractivity contribution in [3.63, 3.8) is 0 Å². The Morgan fingerprint density at radius 3 is 2.38 bits per heavy atom. The van der Waals surface area contributed by atoms with E-state index in [0.29, 0.717) is 41.8 Å². The first-order chi connectivity index (χ1) is 19.3. The first kappa shape index (κ1) is 26.6. The van der Waals surface area contributed by atoms with E-state index in [1.54, 1.807) is 18.2 Å². The molecular formula is C28H24FN5O5S. The van der Waals surface area contributed by atoms with E-state index in [2.05, 4.69) is 9.69 Å². The highest BCUT2D eigenvalue weighted by molar-refractivity contribution is 7.09. The van der Waals surface area contributed by atoms with Crippen molar-refractivity contribution in [3.8, 4) is 11.5 Å². The van der Waals surface area contributed by atoms with Crippen molar-refractivity contribution in [2.24, 2.45) is 5.73 Å². The molecule has 12 heteroatoms. The van der Waals surface area contributed by atoms with Crippen LogP contribution in [-0.4, -0.2) is 35.3 Å².